The molecule has 0 saturated carbocycles. The number of aromatic nitrogens is 1. The molecule has 2 aromatic rings. The van der Waals surface area contributed by atoms with Crippen molar-refractivity contribution in [2.24, 2.45) is 5.92 Å². The molecule has 0 radical (unpaired) electrons. The summed E-state index contributed by atoms with van der Waals surface area (Å²) in [7, 11) is 0. The summed E-state index contributed by atoms with van der Waals surface area (Å²) in [6.07, 6.45) is 5.33. The van der Waals surface area contributed by atoms with Gasteiger partial charge in [0.05, 0.1) is 0 Å². The number of halogens is 1. The van der Waals surface area contributed by atoms with E-state index in [2.05, 4.69) is 16.4 Å². The lowest BCUT2D eigenvalue weighted by molar-refractivity contribution is 0.372. The summed E-state index contributed by atoms with van der Waals surface area (Å²) in [5.41, 5.74) is 1.70. The van der Waals surface area contributed by atoms with Crippen molar-refractivity contribution in [1.82, 2.24) is 10.3 Å². The minimum absolute atomic E-state index is 0.235. The molecule has 18 heavy (non-hydrogen) atoms. The van der Waals surface area contributed by atoms with Crippen LogP contribution in [-0.2, 0) is 6.42 Å². The Kier molecular flexibility index (Phi) is 3.24. The van der Waals surface area contributed by atoms with Crippen molar-refractivity contribution in [3.05, 3.63) is 41.8 Å². The van der Waals surface area contributed by atoms with E-state index in [1.54, 1.807) is 6.07 Å². The first-order chi connectivity index (χ1) is 8.83. The predicted octanol–water partition coefficient (Wildman–Crippen LogP) is 2.92. The number of para-hydroxylation sites is 1. The van der Waals surface area contributed by atoms with Crippen molar-refractivity contribution in [2.45, 2.75) is 19.3 Å². The monoisotopic (exact) mass is 244 g/mol. The highest BCUT2D eigenvalue weighted by atomic mass is 19.1. The minimum Gasteiger partial charge on any atom is -0.317 e. The van der Waals surface area contributed by atoms with Gasteiger partial charge in [-0.05, 0) is 56.0 Å². The standard InChI is InChI=1S/C15H17FN2/c16-14-3-1-2-13-9-12(10-18-15(13)14)8-11-4-6-17-7-5-11/h1-3,9-11,17H,4-8H2. The largest absolute Gasteiger partial charge is 0.317 e. The van der Waals surface area contributed by atoms with Crippen LogP contribution in [0.4, 0.5) is 4.39 Å². The molecule has 94 valence electrons. The third-order valence-electron chi connectivity index (χ3n) is 3.70. The number of nitrogens with zero attached hydrogens (tertiary/aromatic N) is 1. The van der Waals surface area contributed by atoms with E-state index in [1.807, 2.05) is 12.3 Å². The molecule has 1 aromatic heterocycles. The molecule has 1 aliphatic heterocycles. The predicted molar refractivity (Wildman–Crippen MR) is 71.0 cm³/mol. The summed E-state index contributed by atoms with van der Waals surface area (Å²) in [4.78, 5) is 4.26. The van der Waals surface area contributed by atoms with Gasteiger partial charge in [-0.2, -0.15) is 0 Å². The molecule has 1 N–H and O–H groups in total. The molecule has 0 bridgehead atoms. The summed E-state index contributed by atoms with van der Waals surface area (Å²) in [5, 5.41) is 4.28. The number of piperidine rings is 1. The first kappa shape index (κ1) is 11.6. The first-order valence-corrected chi connectivity index (χ1v) is 6.57. The van der Waals surface area contributed by atoms with E-state index in [1.165, 1.54) is 24.5 Å². The average Bonchev–Trinajstić information content (AvgIpc) is 2.40. The van der Waals surface area contributed by atoms with Crippen molar-refractivity contribution in [2.75, 3.05) is 13.1 Å². The summed E-state index contributed by atoms with van der Waals surface area (Å²) < 4.78 is 13.5. The van der Waals surface area contributed by atoms with Crippen LogP contribution in [0.5, 0.6) is 0 Å². The topological polar surface area (TPSA) is 24.9 Å². The normalized spacial score (nSPS) is 17.2. The molecule has 2 nitrogen and oxygen atoms in total. The smallest absolute Gasteiger partial charge is 0.149 e. The zero-order valence-electron chi connectivity index (χ0n) is 10.3. The zero-order chi connectivity index (χ0) is 12.4. The molecule has 1 fully saturated rings. The highest BCUT2D eigenvalue weighted by Gasteiger charge is 2.14. The van der Waals surface area contributed by atoms with Crippen molar-refractivity contribution in [3.8, 4) is 0 Å². The van der Waals surface area contributed by atoms with Gasteiger partial charge >= 0.3 is 0 Å². The summed E-state index contributed by atoms with van der Waals surface area (Å²) in [6.45, 7) is 2.22. The fraction of sp³-hybridized carbons (Fsp3) is 0.400. The molecule has 2 heterocycles. The molecular weight excluding hydrogens is 227 g/mol. The van der Waals surface area contributed by atoms with Gasteiger partial charge in [0.25, 0.3) is 0 Å². The van der Waals surface area contributed by atoms with Crippen molar-refractivity contribution >= 4 is 10.9 Å². The first-order valence-electron chi connectivity index (χ1n) is 6.57. The molecule has 0 unspecified atom stereocenters. The Balaban J connectivity index is 1.84. The van der Waals surface area contributed by atoms with Crippen LogP contribution in [-0.4, -0.2) is 18.1 Å². The summed E-state index contributed by atoms with van der Waals surface area (Å²) >= 11 is 0. The quantitative estimate of drug-likeness (QED) is 0.878. The van der Waals surface area contributed by atoms with Gasteiger partial charge in [-0.1, -0.05) is 12.1 Å². The van der Waals surface area contributed by atoms with Crippen LogP contribution in [0.1, 0.15) is 18.4 Å². The highest BCUT2D eigenvalue weighted by Crippen LogP contribution is 2.21. The SMILES string of the molecule is Fc1cccc2cc(CC3CCNCC3)cnc12. The van der Waals surface area contributed by atoms with E-state index in [4.69, 9.17) is 0 Å². The van der Waals surface area contributed by atoms with Gasteiger partial charge in [0.1, 0.15) is 11.3 Å². The zero-order valence-corrected chi connectivity index (χ0v) is 10.3. The maximum Gasteiger partial charge on any atom is 0.149 e. The lowest BCUT2D eigenvalue weighted by Gasteiger charge is -2.22. The van der Waals surface area contributed by atoms with E-state index >= 15 is 0 Å². The number of benzene rings is 1. The van der Waals surface area contributed by atoms with Gasteiger partial charge in [-0.3, -0.25) is 4.98 Å². The van der Waals surface area contributed by atoms with Crippen LogP contribution in [0.2, 0.25) is 0 Å². The second kappa shape index (κ2) is 5.02. The highest BCUT2D eigenvalue weighted by molar-refractivity contribution is 5.79. The van der Waals surface area contributed by atoms with Crippen LogP contribution >= 0.6 is 0 Å². The summed E-state index contributed by atoms with van der Waals surface area (Å²) in [6, 6.07) is 7.21. The van der Waals surface area contributed by atoms with Crippen LogP contribution < -0.4 is 5.32 Å². The Hall–Kier alpha value is -1.48. The second-order valence-corrected chi connectivity index (χ2v) is 5.05. The molecule has 0 atom stereocenters. The van der Waals surface area contributed by atoms with Crippen LogP contribution in [0.15, 0.2) is 30.5 Å². The maximum absolute atomic E-state index is 13.5. The van der Waals surface area contributed by atoms with Gasteiger partial charge in [0.2, 0.25) is 0 Å². The van der Waals surface area contributed by atoms with Gasteiger partial charge in [-0.15, -0.1) is 0 Å². The average molecular weight is 244 g/mol. The Labute approximate surface area is 106 Å². The Bertz CT molecular complexity index is 547. The van der Waals surface area contributed by atoms with E-state index in [9.17, 15) is 4.39 Å². The molecule has 0 spiro atoms. The lowest BCUT2D eigenvalue weighted by Crippen LogP contribution is -2.28. The molecule has 3 rings (SSSR count). The van der Waals surface area contributed by atoms with E-state index < -0.39 is 0 Å². The van der Waals surface area contributed by atoms with E-state index in [0.29, 0.717) is 5.52 Å². The number of rotatable bonds is 2. The molecule has 0 aliphatic carbocycles. The molecule has 1 aromatic carbocycles. The van der Waals surface area contributed by atoms with Crippen molar-refractivity contribution < 1.29 is 4.39 Å². The van der Waals surface area contributed by atoms with Crippen LogP contribution in [0.3, 0.4) is 0 Å². The number of pyridine rings is 1. The number of hydrogen-bond donors (Lipinski definition) is 1. The number of fused-ring (bicyclic) bond motifs is 1. The fourth-order valence-electron chi connectivity index (χ4n) is 2.70. The van der Waals surface area contributed by atoms with Crippen LogP contribution in [0, 0.1) is 11.7 Å². The Morgan fingerprint density at radius 1 is 1.28 bits per heavy atom. The third-order valence-corrected chi connectivity index (χ3v) is 3.70. The van der Waals surface area contributed by atoms with Gasteiger partial charge in [0, 0.05) is 11.6 Å². The Morgan fingerprint density at radius 2 is 2.11 bits per heavy atom. The molecule has 3 heteroatoms. The maximum atomic E-state index is 13.5. The summed E-state index contributed by atoms with van der Waals surface area (Å²) in [5.74, 6) is 0.500. The lowest BCUT2D eigenvalue weighted by atomic mass is 9.91. The van der Waals surface area contributed by atoms with Crippen molar-refractivity contribution in [3.63, 3.8) is 0 Å². The molecule has 0 amide bonds. The van der Waals surface area contributed by atoms with E-state index in [-0.39, 0.29) is 5.82 Å². The van der Waals surface area contributed by atoms with Crippen LogP contribution in [0.25, 0.3) is 10.9 Å². The Morgan fingerprint density at radius 3 is 2.94 bits per heavy atom. The van der Waals surface area contributed by atoms with Gasteiger partial charge < -0.3 is 5.32 Å². The fourth-order valence-corrected chi connectivity index (χ4v) is 2.70. The molecular formula is C15H17FN2. The minimum atomic E-state index is -0.235. The van der Waals surface area contributed by atoms with Gasteiger partial charge in [0.15, 0.2) is 0 Å². The number of nitrogens with one attached hydrogen (secondary N) is 1. The van der Waals surface area contributed by atoms with Crippen molar-refractivity contribution in [1.29, 1.82) is 0 Å². The third kappa shape index (κ3) is 2.36. The molecule has 1 saturated heterocycles. The number of hydrogen-bond acceptors (Lipinski definition) is 2. The van der Waals surface area contributed by atoms with E-state index in [0.717, 1.165) is 30.8 Å². The second-order valence-electron chi connectivity index (χ2n) is 5.05. The van der Waals surface area contributed by atoms with Gasteiger partial charge in [-0.25, -0.2) is 4.39 Å². The molecule has 1 aliphatic rings.